The highest BCUT2D eigenvalue weighted by Gasteiger charge is 2.40. The Balaban J connectivity index is 1.23. The molecule has 0 bridgehead atoms. The van der Waals surface area contributed by atoms with E-state index >= 15 is 0 Å². The third-order valence-corrected chi connectivity index (χ3v) is 12.4. The summed E-state index contributed by atoms with van der Waals surface area (Å²) in [4.78, 5) is 33.0. The van der Waals surface area contributed by atoms with Crippen LogP contribution in [0.4, 0.5) is 10.5 Å². The topological polar surface area (TPSA) is 47.7 Å². The summed E-state index contributed by atoms with van der Waals surface area (Å²) in [6.07, 6.45) is 10.3. The lowest BCUT2D eigenvalue weighted by Gasteiger charge is -2.42. The first-order chi connectivity index (χ1) is 24.3. The van der Waals surface area contributed by atoms with Crippen molar-refractivity contribution in [1.29, 1.82) is 0 Å². The number of nitrogens with zero attached hydrogens (tertiary/aromatic N) is 4. The smallest absolute Gasteiger partial charge is 0.327 e. The van der Waals surface area contributed by atoms with E-state index in [0.29, 0.717) is 0 Å². The molecule has 3 amide bonds. The Morgan fingerprint density at radius 1 is 0.860 bits per heavy atom. The Morgan fingerprint density at radius 3 is 2.34 bits per heavy atom. The third kappa shape index (κ3) is 5.12. The minimum absolute atomic E-state index is 0.265. The molecule has 3 heterocycles. The van der Waals surface area contributed by atoms with Gasteiger partial charge in [-0.1, -0.05) is 89.8 Å². The summed E-state index contributed by atoms with van der Waals surface area (Å²) in [5.74, 6) is -1.05. The highest BCUT2D eigenvalue weighted by atomic mass is 32.2. The van der Waals surface area contributed by atoms with Crippen LogP contribution in [0.15, 0.2) is 123 Å². The number of imide groups is 1. The van der Waals surface area contributed by atoms with Gasteiger partial charge in [0.25, 0.3) is 5.01 Å². The summed E-state index contributed by atoms with van der Waals surface area (Å²) in [7, 11) is 3.18. The van der Waals surface area contributed by atoms with E-state index in [1.807, 2.05) is 0 Å². The molecule has 2 aliphatic heterocycles. The monoisotopic (exact) mass is 694 g/mol. The number of hydrogen-bond acceptors (Lipinski definition) is 5. The quantitative estimate of drug-likeness (QED) is 0.131. The van der Waals surface area contributed by atoms with Crippen LogP contribution in [-0.4, -0.2) is 42.4 Å². The van der Waals surface area contributed by atoms with Crippen LogP contribution in [0.25, 0.3) is 37.8 Å². The number of fused-ring (bicyclic) bond motifs is 6. The van der Waals surface area contributed by atoms with Crippen molar-refractivity contribution in [3.05, 3.63) is 130 Å². The van der Waals surface area contributed by atoms with Gasteiger partial charge in [-0.15, -0.1) is 5.70 Å². The average Bonchev–Trinajstić information content (AvgIpc) is 3.84. The van der Waals surface area contributed by atoms with Crippen molar-refractivity contribution in [3.63, 3.8) is 0 Å². The Hall–Kier alpha value is -4.92. The molecule has 1 aliphatic carbocycles. The Kier molecular flexibility index (Phi) is 8.24. The summed E-state index contributed by atoms with van der Waals surface area (Å²) < 4.78 is 3.61. The summed E-state index contributed by atoms with van der Waals surface area (Å²) in [5.41, 5.74) is 5.79. The van der Waals surface area contributed by atoms with E-state index in [9.17, 15) is 9.59 Å². The van der Waals surface area contributed by atoms with Crippen LogP contribution in [0.3, 0.4) is 0 Å². The maximum absolute atomic E-state index is 13.9. The van der Waals surface area contributed by atoms with Crippen LogP contribution < -0.4 is 9.47 Å². The van der Waals surface area contributed by atoms with Gasteiger partial charge >= 0.3 is 6.03 Å². The van der Waals surface area contributed by atoms with Crippen LogP contribution in [0.1, 0.15) is 31.7 Å². The minimum Gasteiger partial charge on any atom is -0.492 e. The van der Waals surface area contributed by atoms with Crippen LogP contribution in [0.2, 0.25) is 0 Å². The molecule has 3 aliphatic rings. The number of allylic oxidation sites excluding steroid dienone is 5. The molecular weight excluding hydrogens is 657 g/mol. The van der Waals surface area contributed by atoms with Gasteiger partial charge in [0.1, 0.15) is 11.2 Å². The fourth-order valence-electron chi connectivity index (χ4n) is 7.64. The normalized spacial score (nSPS) is 20.0. The molecule has 1 atom stereocenters. The van der Waals surface area contributed by atoms with E-state index in [0.717, 1.165) is 52.7 Å². The summed E-state index contributed by atoms with van der Waals surface area (Å²) in [5, 5.41) is 7.23. The predicted molar refractivity (Wildman–Crippen MR) is 207 cm³/mol. The molecule has 0 spiro atoms. The Labute approximate surface area is 301 Å². The molecule has 0 radical (unpaired) electrons. The maximum atomic E-state index is 13.9. The van der Waals surface area contributed by atoms with Crippen LogP contribution in [0.5, 0.6) is 0 Å². The third-order valence-electron chi connectivity index (χ3n) is 10.2. The second-order valence-corrected chi connectivity index (χ2v) is 15.0. The van der Waals surface area contributed by atoms with E-state index < -0.39 is 11.9 Å². The first-order valence-electron chi connectivity index (χ1n) is 17.1. The van der Waals surface area contributed by atoms with Crippen molar-refractivity contribution in [2.75, 3.05) is 25.5 Å². The van der Waals surface area contributed by atoms with Gasteiger partial charge in [-0.3, -0.25) is 9.69 Å². The van der Waals surface area contributed by atoms with Crippen molar-refractivity contribution in [2.24, 2.45) is 5.92 Å². The number of carbonyl (C=O) groups excluding carboxylic acids is 2. The highest BCUT2D eigenvalue weighted by Crippen LogP contribution is 2.50. The predicted octanol–water partition coefficient (Wildman–Crippen LogP) is 9.48. The average molecular weight is 695 g/mol. The van der Waals surface area contributed by atoms with Crippen LogP contribution in [-0.2, 0) is 11.3 Å². The summed E-state index contributed by atoms with van der Waals surface area (Å²) >= 11 is 3.55. The number of amides is 3. The zero-order valence-corrected chi connectivity index (χ0v) is 30.3. The minimum atomic E-state index is -0.751. The van der Waals surface area contributed by atoms with Gasteiger partial charge in [0.05, 0.1) is 22.0 Å². The SMILES string of the molecule is [CH-]=C1C(C2=C(C=Cc3sc4ccc5ccccc5c4[n+]3CC)CCC2=CC=C2Sc3ccc4ccccc4c3N2CC)C(=O)N(C)C(=O)N1C. The summed E-state index contributed by atoms with van der Waals surface area (Å²) in [6, 6.07) is 25.4. The first kappa shape index (κ1) is 32.3. The van der Waals surface area contributed by atoms with Crippen molar-refractivity contribution < 1.29 is 14.2 Å². The molecule has 0 N–H and O–H groups in total. The molecule has 50 heavy (non-hydrogen) atoms. The Bertz CT molecular complexity index is 2370. The van der Waals surface area contributed by atoms with Crippen LogP contribution in [0, 0.1) is 12.5 Å². The molecule has 4 aromatic carbocycles. The van der Waals surface area contributed by atoms with E-state index in [1.165, 1.54) is 52.1 Å². The van der Waals surface area contributed by atoms with Gasteiger partial charge in [0.15, 0.2) is 0 Å². The Morgan fingerprint density at radius 2 is 1.58 bits per heavy atom. The summed E-state index contributed by atoms with van der Waals surface area (Å²) in [6.45, 7) is 12.7. The largest absolute Gasteiger partial charge is 0.492 e. The molecule has 1 aromatic heterocycles. The molecule has 6 nitrogen and oxygen atoms in total. The molecule has 1 saturated heterocycles. The number of thioether (sulfide) groups is 1. The molecule has 0 saturated carbocycles. The molecule has 250 valence electrons. The van der Waals surface area contributed by atoms with Gasteiger partial charge in [0, 0.05) is 37.0 Å². The number of urea groups is 1. The standard InChI is InChI=1S/C42H38N4O2S2/c1-6-45-35(49-33-22-18-27-12-8-10-14-31(27)39(33)45)24-20-29-16-17-30(38(29)37-26(3)43(4)42(48)44(5)41(37)47)21-25-36-46(7-2)40-32-15-11-9-13-28(32)19-23-34(40)50-36/h3,8-15,18-25,37H,6-7,16-17H2,1-2,4-5H3. The van der Waals surface area contributed by atoms with Gasteiger partial charge < -0.3 is 16.4 Å². The van der Waals surface area contributed by atoms with Gasteiger partial charge in [-0.2, -0.15) is 4.57 Å². The number of anilines is 1. The van der Waals surface area contributed by atoms with Crippen molar-refractivity contribution in [3.8, 4) is 0 Å². The van der Waals surface area contributed by atoms with Crippen LogP contribution >= 0.6 is 23.1 Å². The molecular formula is C42H38N4O2S2. The zero-order valence-electron chi connectivity index (χ0n) is 28.6. The fraction of sp³-hybridized carbons (Fsp3) is 0.214. The number of thiazole rings is 1. The molecule has 1 fully saturated rings. The fourth-order valence-corrected chi connectivity index (χ4v) is 9.93. The number of aryl methyl sites for hydroxylation is 1. The van der Waals surface area contributed by atoms with Gasteiger partial charge in [0.2, 0.25) is 11.4 Å². The number of carbonyl (C=O) groups is 2. The molecule has 5 aromatic rings. The number of rotatable bonds is 6. The van der Waals surface area contributed by atoms with Gasteiger partial charge in [-0.25, -0.2) is 4.79 Å². The number of benzene rings is 4. The second kappa shape index (κ2) is 12.8. The van der Waals surface area contributed by atoms with Gasteiger partial charge in [-0.05, 0) is 78.5 Å². The number of aromatic nitrogens is 1. The lowest BCUT2D eigenvalue weighted by Crippen LogP contribution is -2.52. The molecule has 8 rings (SSSR count). The second-order valence-electron chi connectivity index (χ2n) is 12.9. The zero-order chi connectivity index (χ0) is 34.7. The van der Waals surface area contributed by atoms with Crippen molar-refractivity contribution >= 4 is 78.6 Å². The van der Waals surface area contributed by atoms with E-state index in [4.69, 9.17) is 6.58 Å². The van der Waals surface area contributed by atoms with E-state index in [1.54, 1.807) is 37.2 Å². The molecule has 8 heteroatoms. The highest BCUT2D eigenvalue weighted by molar-refractivity contribution is 8.03. The van der Waals surface area contributed by atoms with E-state index in [-0.39, 0.29) is 11.6 Å². The molecule has 1 unspecified atom stereocenters. The number of hydrogen-bond donors (Lipinski definition) is 0. The van der Waals surface area contributed by atoms with E-state index in [2.05, 4.69) is 120 Å². The first-order valence-corrected chi connectivity index (χ1v) is 18.7. The lowest BCUT2D eigenvalue weighted by molar-refractivity contribution is -0.664. The lowest BCUT2D eigenvalue weighted by atomic mass is 9.86. The van der Waals surface area contributed by atoms with Crippen molar-refractivity contribution in [2.45, 2.75) is 38.1 Å². The maximum Gasteiger partial charge on any atom is 0.327 e. The van der Waals surface area contributed by atoms with Crippen molar-refractivity contribution in [1.82, 2.24) is 9.80 Å².